The maximum Gasteiger partial charge on any atom is 0.228 e. The minimum Gasteiger partial charge on any atom is -0.493 e. The highest BCUT2D eigenvalue weighted by atomic mass is 32.2. The Morgan fingerprint density at radius 3 is 2.83 bits per heavy atom. The predicted molar refractivity (Wildman–Crippen MR) is 93.1 cm³/mol. The van der Waals surface area contributed by atoms with Crippen LogP contribution in [0.4, 0.5) is 16.3 Å². The van der Waals surface area contributed by atoms with E-state index in [1.54, 1.807) is 11.8 Å². The van der Waals surface area contributed by atoms with Crippen molar-refractivity contribution in [2.24, 2.45) is 0 Å². The Balaban J connectivity index is 1.92. The minimum atomic E-state index is -1.69. The van der Waals surface area contributed by atoms with Gasteiger partial charge in [0.05, 0.1) is 12.6 Å². The predicted octanol–water partition coefficient (Wildman–Crippen LogP) is 3.32. The van der Waals surface area contributed by atoms with Crippen molar-refractivity contribution in [2.45, 2.75) is 36.9 Å². The van der Waals surface area contributed by atoms with Crippen molar-refractivity contribution in [3.8, 4) is 5.75 Å². The summed E-state index contributed by atoms with van der Waals surface area (Å²) in [6, 6.07) is 6.04. The molecule has 0 spiro atoms. The molecule has 1 aliphatic rings. The number of ether oxygens (including phenoxy) is 1. The normalized spacial score (nSPS) is 17.1. The molecule has 3 N–H and O–H groups in total. The van der Waals surface area contributed by atoms with Crippen LogP contribution in [0.25, 0.3) is 0 Å². The number of rotatable bonds is 4. The number of alkyl halides is 1. The lowest BCUT2D eigenvalue weighted by Crippen LogP contribution is -2.23. The molecule has 2 heterocycles. The number of benzene rings is 1. The zero-order chi connectivity index (χ0) is 17.3. The molecule has 1 unspecified atom stereocenters. The summed E-state index contributed by atoms with van der Waals surface area (Å²) in [6.07, 6.45) is 2.78. The van der Waals surface area contributed by atoms with Crippen molar-refractivity contribution in [1.82, 2.24) is 15.0 Å². The SMILES string of the molecule is CSc1ccc2c(c1)C(Nc1nc(N)nc(C(C)(C)F)n1)CCO2. The fourth-order valence-corrected chi connectivity index (χ4v) is 2.98. The molecule has 8 heteroatoms. The van der Waals surface area contributed by atoms with Crippen LogP contribution in [-0.4, -0.2) is 27.8 Å². The fraction of sp³-hybridized carbons (Fsp3) is 0.438. The molecule has 1 aromatic carbocycles. The van der Waals surface area contributed by atoms with Crippen molar-refractivity contribution < 1.29 is 9.13 Å². The Kier molecular flexibility index (Phi) is 4.49. The number of nitrogens with one attached hydrogen (secondary N) is 1. The van der Waals surface area contributed by atoms with E-state index in [-0.39, 0.29) is 23.8 Å². The summed E-state index contributed by atoms with van der Waals surface area (Å²) in [5.41, 5.74) is 5.05. The van der Waals surface area contributed by atoms with Gasteiger partial charge in [0.1, 0.15) is 5.75 Å². The van der Waals surface area contributed by atoms with Crippen LogP contribution in [0.1, 0.15) is 37.7 Å². The maximum absolute atomic E-state index is 14.1. The molecule has 0 bridgehead atoms. The molecule has 6 nitrogen and oxygen atoms in total. The van der Waals surface area contributed by atoms with E-state index in [1.165, 1.54) is 13.8 Å². The summed E-state index contributed by atoms with van der Waals surface area (Å²) in [4.78, 5) is 13.3. The van der Waals surface area contributed by atoms with Gasteiger partial charge in [-0.2, -0.15) is 15.0 Å². The van der Waals surface area contributed by atoms with E-state index in [2.05, 4.69) is 26.3 Å². The van der Waals surface area contributed by atoms with Crippen LogP contribution in [0.3, 0.4) is 0 Å². The smallest absolute Gasteiger partial charge is 0.228 e. The third kappa shape index (κ3) is 3.53. The first-order valence-corrected chi connectivity index (χ1v) is 8.87. The van der Waals surface area contributed by atoms with Gasteiger partial charge in [0, 0.05) is 16.9 Å². The zero-order valence-corrected chi connectivity index (χ0v) is 14.7. The van der Waals surface area contributed by atoms with Gasteiger partial charge in [-0.05, 0) is 38.3 Å². The van der Waals surface area contributed by atoms with Gasteiger partial charge < -0.3 is 15.8 Å². The Hall–Kier alpha value is -2.09. The number of fused-ring (bicyclic) bond motifs is 1. The van der Waals surface area contributed by atoms with Crippen LogP contribution in [0.5, 0.6) is 5.75 Å². The number of nitrogens with zero attached hydrogens (tertiary/aromatic N) is 3. The fourth-order valence-electron chi connectivity index (χ4n) is 2.53. The van der Waals surface area contributed by atoms with Crippen molar-refractivity contribution in [3.05, 3.63) is 29.6 Å². The molecule has 0 fully saturated rings. The van der Waals surface area contributed by atoms with Gasteiger partial charge in [-0.25, -0.2) is 4.39 Å². The topological polar surface area (TPSA) is 86.0 Å². The lowest BCUT2D eigenvalue weighted by atomic mass is 10.0. The molecule has 1 aliphatic heterocycles. The van der Waals surface area contributed by atoms with Gasteiger partial charge in [0.15, 0.2) is 11.5 Å². The molecule has 2 aromatic rings. The van der Waals surface area contributed by atoms with Gasteiger partial charge in [0.2, 0.25) is 11.9 Å². The number of nitrogens with two attached hydrogens (primary N) is 1. The molecule has 24 heavy (non-hydrogen) atoms. The molecule has 0 radical (unpaired) electrons. The Labute approximate surface area is 144 Å². The Bertz CT molecular complexity index is 750. The number of hydrogen-bond donors (Lipinski definition) is 2. The van der Waals surface area contributed by atoms with Crippen LogP contribution in [0, 0.1) is 0 Å². The van der Waals surface area contributed by atoms with E-state index in [1.807, 2.05) is 18.4 Å². The number of thioether (sulfide) groups is 1. The van der Waals surface area contributed by atoms with Crippen molar-refractivity contribution in [2.75, 3.05) is 23.9 Å². The monoisotopic (exact) mass is 349 g/mol. The molecular formula is C16H20FN5OS. The van der Waals surface area contributed by atoms with Gasteiger partial charge >= 0.3 is 0 Å². The lowest BCUT2D eigenvalue weighted by molar-refractivity contribution is 0.206. The second-order valence-corrected chi connectivity index (χ2v) is 6.93. The van der Waals surface area contributed by atoms with Gasteiger partial charge in [-0.3, -0.25) is 0 Å². The lowest BCUT2D eigenvalue weighted by Gasteiger charge is -2.27. The highest BCUT2D eigenvalue weighted by molar-refractivity contribution is 7.98. The van der Waals surface area contributed by atoms with E-state index in [0.29, 0.717) is 6.61 Å². The number of aromatic nitrogens is 3. The summed E-state index contributed by atoms with van der Waals surface area (Å²) in [5.74, 6) is 1.13. The van der Waals surface area contributed by atoms with E-state index >= 15 is 0 Å². The van der Waals surface area contributed by atoms with Gasteiger partial charge in [-0.15, -0.1) is 11.8 Å². The first kappa shape index (κ1) is 16.8. The number of nitrogen functional groups attached to an aromatic ring is 1. The second kappa shape index (κ2) is 6.43. The summed E-state index contributed by atoms with van der Waals surface area (Å²) in [5, 5.41) is 3.24. The van der Waals surface area contributed by atoms with Crippen LogP contribution in [0.2, 0.25) is 0 Å². The molecule has 128 valence electrons. The van der Waals surface area contributed by atoms with E-state index in [4.69, 9.17) is 10.5 Å². The highest BCUT2D eigenvalue weighted by Crippen LogP contribution is 2.36. The first-order chi connectivity index (χ1) is 11.4. The molecule has 1 aromatic heterocycles. The summed E-state index contributed by atoms with van der Waals surface area (Å²) >= 11 is 1.66. The molecule has 1 atom stereocenters. The van der Waals surface area contributed by atoms with E-state index in [9.17, 15) is 4.39 Å². The van der Waals surface area contributed by atoms with E-state index in [0.717, 1.165) is 22.6 Å². The van der Waals surface area contributed by atoms with Gasteiger partial charge in [-0.1, -0.05) is 0 Å². The molecule has 0 amide bonds. The van der Waals surface area contributed by atoms with Crippen molar-refractivity contribution in [1.29, 1.82) is 0 Å². The summed E-state index contributed by atoms with van der Waals surface area (Å²) in [6.45, 7) is 3.37. The standard InChI is InChI=1S/C16H20FN5OS/c1-16(2,17)13-20-14(18)22-15(21-13)19-11-6-7-23-12-5-4-9(24-3)8-10(11)12/h4-5,8,11H,6-7H2,1-3H3,(H3,18,19,20,21,22). The maximum atomic E-state index is 14.1. The van der Waals surface area contributed by atoms with E-state index < -0.39 is 5.67 Å². The first-order valence-electron chi connectivity index (χ1n) is 7.65. The second-order valence-electron chi connectivity index (χ2n) is 6.05. The van der Waals surface area contributed by atoms with Crippen molar-refractivity contribution >= 4 is 23.7 Å². The largest absolute Gasteiger partial charge is 0.493 e. The number of anilines is 2. The minimum absolute atomic E-state index is 0.00151. The molecular weight excluding hydrogens is 329 g/mol. The summed E-state index contributed by atoms with van der Waals surface area (Å²) < 4.78 is 19.8. The molecule has 0 saturated carbocycles. The quantitative estimate of drug-likeness (QED) is 0.819. The number of hydrogen-bond acceptors (Lipinski definition) is 7. The third-order valence-electron chi connectivity index (χ3n) is 3.74. The van der Waals surface area contributed by atoms with Crippen LogP contribution >= 0.6 is 11.8 Å². The Morgan fingerprint density at radius 1 is 1.33 bits per heavy atom. The Morgan fingerprint density at radius 2 is 2.12 bits per heavy atom. The molecule has 0 saturated heterocycles. The molecule has 0 aliphatic carbocycles. The average molecular weight is 349 g/mol. The third-order valence-corrected chi connectivity index (χ3v) is 4.47. The van der Waals surface area contributed by atoms with Crippen LogP contribution in [0.15, 0.2) is 23.1 Å². The van der Waals surface area contributed by atoms with Crippen LogP contribution < -0.4 is 15.8 Å². The molecule has 3 rings (SSSR count). The van der Waals surface area contributed by atoms with Crippen molar-refractivity contribution in [3.63, 3.8) is 0 Å². The van der Waals surface area contributed by atoms with Gasteiger partial charge in [0.25, 0.3) is 0 Å². The van der Waals surface area contributed by atoms with Crippen LogP contribution in [-0.2, 0) is 5.67 Å². The zero-order valence-electron chi connectivity index (χ0n) is 13.8. The highest BCUT2D eigenvalue weighted by Gasteiger charge is 2.26. The number of halogens is 1. The summed E-state index contributed by atoms with van der Waals surface area (Å²) in [7, 11) is 0. The average Bonchev–Trinajstić information content (AvgIpc) is 2.53.